The number of aromatic hydroxyl groups is 1. The SMILES string of the molecule is CC(C)CN1CCC(c2ccc(O)c3c2CC2CC4C(C(=O)C(C(N)=O)=C(O)[C@H]4N(C)C)C(O)=C2C3=O)CC1. The number of phenolic OH excluding ortho intramolecular Hbond substituents is 1. The number of amides is 1. The first-order valence-corrected chi connectivity index (χ1v) is 13.9. The number of hydrogen-bond donors (Lipinski definition) is 4. The van der Waals surface area contributed by atoms with Gasteiger partial charge in [-0.3, -0.25) is 19.3 Å². The van der Waals surface area contributed by atoms with Crippen molar-refractivity contribution in [2.45, 2.75) is 51.5 Å². The summed E-state index contributed by atoms with van der Waals surface area (Å²) in [4.78, 5) is 43.5. The van der Waals surface area contributed by atoms with E-state index in [1.807, 2.05) is 6.07 Å². The van der Waals surface area contributed by atoms with E-state index in [1.54, 1.807) is 25.1 Å². The van der Waals surface area contributed by atoms with Crippen LogP contribution in [0.5, 0.6) is 5.75 Å². The van der Waals surface area contributed by atoms with Gasteiger partial charge >= 0.3 is 0 Å². The summed E-state index contributed by atoms with van der Waals surface area (Å²) in [5.41, 5.74) is 7.14. The van der Waals surface area contributed by atoms with Gasteiger partial charge in [0.25, 0.3) is 5.91 Å². The summed E-state index contributed by atoms with van der Waals surface area (Å²) in [6, 6.07) is 2.78. The van der Waals surface area contributed by atoms with Gasteiger partial charge in [-0.1, -0.05) is 19.9 Å². The average Bonchev–Trinajstić information content (AvgIpc) is 2.83. The lowest BCUT2D eigenvalue weighted by Crippen LogP contribution is -2.53. The van der Waals surface area contributed by atoms with Gasteiger partial charge in [-0.15, -0.1) is 0 Å². The number of fused-ring (bicyclic) bond motifs is 3. The van der Waals surface area contributed by atoms with E-state index in [0.717, 1.165) is 43.6 Å². The number of allylic oxidation sites excluding steroid dienone is 2. The number of nitrogens with two attached hydrogens (primary N) is 1. The van der Waals surface area contributed by atoms with Crippen LogP contribution >= 0.6 is 0 Å². The first-order chi connectivity index (χ1) is 18.4. The molecule has 1 aromatic carbocycles. The summed E-state index contributed by atoms with van der Waals surface area (Å²) in [7, 11) is 3.46. The van der Waals surface area contributed by atoms with E-state index in [-0.39, 0.29) is 40.2 Å². The van der Waals surface area contributed by atoms with E-state index in [0.29, 0.717) is 18.8 Å². The highest BCUT2D eigenvalue weighted by molar-refractivity contribution is 6.22. The molecule has 3 unspecified atom stereocenters. The van der Waals surface area contributed by atoms with Crippen molar-refractivity contribution in [1.82, 2.24) is 9.80 Å². The van der Waals surface area contributed by atoms with Gasteiger partial charge in [0.15, 0.2) is 11.6 Å². The molecule has 0 saturated carbocycles. The van der Waals surface area contributed by atoms with Crippen molar-refractivity contribution >= 4 is 17.5 Å². The molecule has 1 saturated heterocycles. The highest BCUT2D eigenvalue weighted by Gasteiger charge is 2.54. The predicted octanol–water partition coefficient (Wildman–Crippen LogP) is 2.84. The third-order valence-electron chi connectivity index (χ3n) is 9.14. The van der Waals surface area contributed by atoms with Crippen molar-refractivity contribution in [2.75, 3.05) is 33.7 Å². The van der Waals surface area contributed by atoms with Crippen LogP contribution in [0.2, 0.25) is 0 Å². The van der Waals surface area contributed by atoms with E-state index >= 15 is 0 Å². The fourth-order valence-electron chi connectivity index (χ4n) is 7.62. The number of aliphatic hydroxyl groups excluding tert-OH is 2. The normalized spacial score (nSPS) is 28.2. The molecule has 1 aliphatic heterocycles. The maximum Gasteiger partial charge on any atom is 0.255 e. The number of ketones is 2. The Morgan fingerprint density at radius 1 is 1.08 bits per heavy atom. The van der Waals surface area contributed by atoms with E-state index in [9.17, 15) is 29.7 Å². The lowest BCUT2D eigenvalue weighted by atomic mass is 9.60. The standard InChI is InChI=1S/C30H39N3O6/c1-14(2)13-33-9-7-15(8-10-33)17-5-6-20(34)22-18(17)11-16-12-19-23(27(36)21(16)26(22)35)28(37)24(30(31)39)29(38)25(19)32(3)4/h5-6,14-16,19,23,25,34,36,38H,7-13H2,1-4H3,(H2,31,39)/t16?,19?,23?,25-/m0/s1. The largest absolute Gasteiger partial charge is 0.511 e. The number of nitrogens with zero attached hydrogens (tertiary/aromatic N) is 2. The number of piperidine rings is 1. The smallest absolute Gasteiger partial charge is 0.255 e. The Morgan fingerprint density at radius 3 is 2.33 bits per heavy atom. The fraction of sp³-hybridized carbons (Fsp3) is 0.567. The molecule has 210 valence electrons. The second-order valence-corrected chi connectivity index (χ2v) is 12.3. The predicted molar refractivity (Wildman–Crippen MR) is 145 cm³/mol. The molecule has 9 heteroatoms. The first-order valence-electron chi connectivity index (χ1n) is 13.9. The van der Waals surface area contributed by atoms with Gasteiger partial charge in [0, 0.05) is 12.1 Å². The summed E-state index contributed by atoms with van der Waals surface area (Å²) in [6.45, 7) is 7.45. The Kier molecular flexibility index (Phi) is 7.09. The molecule has 0 radical (unpaired) electrons. The molecular weight excluding hydrogens is 498 g/mol. The van der Waals surface area contributed by atoms with Crippen molar-refractivity contribution in [3.05, 3.63) is 51.5 Å². The topological polar surface area (TPSA) is 144 Å². The Labute approximate surface area is 229 Å². The zero-order valence-electron chi connectivity index (χ0n) is 23.1. The van der Waals surface area contributed by atoms with Crippen LogP contribution in [0.25, 0.3) is 0 Å². The van der Waals surface area contributed by atoms with Crippen LogP contribution in [0, 0.1) is 23.7 Å². The lowest BCUT2D eigenvalue weighted by molar-refractivity contribution is -0.127. The molecule has 9 nitrogen and oxygen atoms in total. The number of carbonyl (C=O) groups excluding carboxylic acids is 3. The molecule has 1 aromatic rings. The first kappa shape index (κ1) is 27.4. The van der Waals surface area contributed by atoms with Crippen LogP contribution in [-0.4, -0.2) is 82.4 Å². The molecule has 5 rings (SSSR count). The van der Waals surface area contributed by atoms with Crippen molar-refractivity contribution in [1.29, 1.82) is 0 Å². The van der Waals surface area contributed by atoms with Crippen molar-refractivity contribution in [3.63, 3.8) is 0 Å². The number of carbonyl (C=O) groups is 3. The molecule has 4 aliphatic rings. The molecule has 5 N–H and O–H groups in total. The number of rotatable bonds is 5. The summed E-state index contributed by atoms with van der Waals surface area (Å²) in [5.74, 6) is -4.42. The molecule has 0 aromatic heterocycles. The van der Waals surface area contributed by atoms with Crippen LogP contribution in [0.1, 0.15) is 60.5 Å². The summed E-state index contributed by atoms with van der Waals surface area (Å²) in [6.07, 6.45) is 2.74. The minimum atomic E-state index is -1.16. The van der Waals surface area contributed by atoms with Gasteiger partial charge < -0.3 is 26.0 Å². The van der Waals surface area contributed by atoms with Gasteiger partial charge in [0.05, 0.1) is 17.5 Å². The maximum absolute atomic E-state index is 13.9. The van der Waals surface area contributed by atoms with Crippen LogP contribution in [-0.2, 0) is 16.0 Å². The van der Waals surface area contributed by atoms with Crippen LogP contribution in [0.3, 0.4) is 0 Å². The van der Waals surface area contributed by atoms with Crippen molar-refractivity contribution in [3.8, 4) is 5.75 Å². The monoisotopic (exact) mass is 537 g/mol. The van der Waals surface area contributed by atoms with Crippen LogP contribution in [0.4, 0.5) is 0 Å². The van der Waals surface area contributed by atoms with Gasteiger partial charge in [-0.2, -0.15) is 0 Å². The van der Waals surface area contributed by atoms with E-state index in [2.05, 4.69) is 18.7 Å². The van der Waals surface area contributed by atoms with Gasteiger partial charge in [0.1, 0.15) is 22.8 Å². The number of benzene rings is 1. The molecule has 39 heavy (non-hydrogen) atoms. The summed E-state index contributed by atoms with van der Waals surface area (Å²) >= 11 is 0. The van der Waals surface area contributed by atoms with E-state index < -0.39 is 40.9 Å². The minimum absolute atomic E-state index is 0.124. The van der Waals surface area contributed by atoms with Crippen molar-refractivity contribution < 1.29 is 29.7 Å². The molecule has 1 fully saturated rings. The Balaban J connectivity index is 1.54. The highest BCUT2D eigenvalue weighted by atomic mass is 16.3. The fourth-order valence-corrected chi connectivity index (χ4v) is 7.62. The molecule has 0 bridgehead atoms. The molecule has 3 aliphatic carbocycles. The number of likely N-dealkylation sites (tertiary alicyclic amines) is 1. The van der Waals surface area contributed by atoms with Gasteiger partial charge in [-0.05, 0) is 93.7 Å². The second-order valence-electron chi connectivity index (χ2n) is 12.3. The third kappa shape index (κ3) is 4.45. The number of aliphatic hydroxyl groups is 2. The zero-order chi connectivity index (χ0) is 28.3. The molecular formula is C30H39N3O6. The average molecular weight is 538 g/mol. The number of primary amides is 1. The highest BCUT2D eigenvalue weighted by Crippen LogP contribution is 2.51. The minimum Gasteiger partial charge on any atom is -0.511 e. The quantitative estimate of drug-likeness (QED) is 0.420. The number of hydrogen-bond acceptors (Lipinski definition) is 8. The van der Waals surface area contributed by atoms with Crippen molar-refractivity contribution in [2.24, 2.45) is 29.4 Å². The van der Waals surface area contributed by atoms with Crippen LogP contribution < -0.4 is 5.73 Å². The Hall–Kier alpha value is -3.17. The number of likely N-dealkylation sites (N-methyl/N-ethyl adjacent to an activating group) is 1. The van der Waals surface area contributed by atoms with Gasteiger partial charge in [-0.25, -0.2) is 0 Å². The summed E-state index contributed by atoms with van der Waals surface area (Å²) < 4.78 is 0. The second kappa shape index (κ2) is 10.1. The van der Waals surface area contributed by atoms with E-state index in [1.165, 1.54) is 0 Å². The molecule has 4 atom stereocenters. The molecule has 1 heterocycles. The number of phenols is 1. The lowest BCUT2D eigenvalue weighted by Gasteiger charge is -2.46. The number of Topliss-reactive ketones (excluding diaryl/α,β-unsaturated/α-hetero) is 2. The Morgan fingerprint density at radius 2 is 1.74 bits per heavy atom. The molecule has 1 amide bonds. The summed E-state index contributed by atoms with van der Waals surface area (Å²) in [5, 5.41) is 33.2. The van der Waals surface area contributed by atoms with E-state index in [4.69, 9.17) is 5.73 Å². The zero-order valence-corrected chi connectivity index (χ0v) is 23.1. The Bertz CT molecular complexity index is 1290. The van der Waals surface area contributed by atoms with Gasteiger partial charge in [0.2, 0.25) is 0 Å². The maximum atomic E-state index is 13.9. The third-order valence-corrected chi connectivity index (χ3v) is 9.14. The molecule has 0 spiro atoms. The van der Waals surface area contributed by atoms with Crippen LogP contribution in [0.15, 0.2) is 34.8 Å².